The van der Waals surface area contributed by atoms with E-state index in [-0.39, 0.29) is 0 Å². The van der Waals surface area contributed by atoms with Crippen molar-refractivity contribution in [1.29, 1.82) is 0 Å². The maximum absolute atomic E-state index is 4.22. The zero-order valence-corrected chi connectivity index (χ0v) is 12.2. The number of nitrogens with one attached hydrogen (secondary N) is 2. The van der Waals surface area contributed by atoms with E-state index in [9.17, 15) is 0 Å². The van der Waals surface area contributed by atoms with Crippen LogP contribution in [0.4, 0.5) is 0 Å². The maximum atomic E-state index is 4.22. The Morgan fingerprint density at radius 1 is 1.25 bits per heavy atom. The third kappa shape index (κ3) is 7.85. The molecule has 0 amide bonds. The molecule has 0 radical (unpaired) electrons. The molecule has 0 aromatic carbocycles. The van der Waals surface area contributed by atoms with Gasteiger partial charge in [0.2, 0.25) is 0 Å². The summed E-state index contributed by atoms with van der Waals surface area (Å²) < 4.78 is 0. The van der Waals surface area contributed by atoms with Gasteiger partial charge in [-0.25, -0.2) is 0 Å². The molecule has 0 heterocycles. The Balaban J connectivity index is 3.68. The summed E-state index contributed by atoms with van der Waals surface area (Å²) in [5.74, 6) is 2.79. The highest BCUT2D eigenvalue weighted by atomic mass is 32.2. The van der Waals surface area contributed by atoms with Crippen molar-refractivity contribution in [2.45, 2.75) is 39.7 Å². The molecule has 0 spiro atoms. The monoisotopic (exact) mass is 245 g/mol. The van der Waals surface area contributed by atoms with E-state index in [1.54, 1.807) is 0 Å². The summed E-state index contributed by atoms with van der Waals surface area (Å²) in [6.07, 6.45) is 4.63. The molecule has 0 aliphatic rings. The van der Waals surface area contributed by atoms with Gasteiger partial charge in [0.15, 0.2) is 5.96 Å². The van der Waals surface area contributed by atoms with Gasteiger partial charge in [-0.3, -0.25) is 4.99 Å². The largest absolute Gasteiger partial charge is 0.356 e. The van der Waals surface area contributed by atoms with Crippen LogP contribution in [-0.4, -0.2) is 37.6 Å². The molecule has 0 rings (SSSR count). The Bertz CT molecular complexity index is 193. The molecule has 16 heavy (non-hydrogen) atoms. The summed E-state index contributed by atoms with van der Waals surface area (Å²) in [4.78, 5) is 4.22. The molecule has 0 saturated heterocycles. The lowest BCUT2D eigenvalue weighted by Crippen LogP contribution is -2.44. The summed E-state index contributed by atoms with van der Waals surface area (Å²) in [5.41, 5.74) is 0. The maximum Gasteiger partial charge on any atom is 0.191 e. The van der Waals surface area contributed by atoms with E-state index < -0.39 is 0 Å². The number of guanidine groups is 1. The average Bonchev–Trinajstić information content (AvgIpc) is 2.26. The molecule has 0 aliphatic carbocycles. The molecule has 1 atom stereocenters. The number of rotatable bonds is 7. The normalized spacial score (nSPS) is 14.0. The highest BCUT2D eigenvalue weighted by Gasteiger charge is 2.07. The lowest BCUT2D eigenvalue weighted by atomic mass is 10.1. The standard InChI is InChI=1S/C12H27N3S/c1-10(2)11(3)15-12(13-4)14-8-6-7-9-16-5/h10-11H,6-9H2,1-5H3,(H2,13,14,15). The summed E-state index contributed by atoms with van der Waals surface area (Å²) in [7, 11) is 1.82. The molecule has 4 heteroatoms. The fourth-order valence-electron chi connectivity index (χ4n) is 1.16. The first kappa shape index (κ1) is 15.6. The van der Waals surface area contributed by atoms with Gasteiger partial charge in [-0.1, -0.05) is 13.8 Å². The van der Waals surface area contributed by atoms with E-state index in [0.717, 1.165) is 12.5 Å². The minimum Gasteiger partial charge on any atom is -0.356 e. The van der Waals surface area contributed by atoms with Gasteiger partial charge in [-0.05, 0) is 37.7 Å². The van der Waals surface area contributed by atoms with Crippen LogP contribution in [0.25, 0.3) is 0 Å². The van der Waals surface area contributed by atoms with E-state index >= 15 is 0 Å². The Kier molecular flexibility index (Phi) is 9.59. The number of hydrogen-bond donors (Lipinski definition) is 2. The SMILES string of the molecule is CN=C(NCCCCSC)NC(C)C(C)C. The summed E-state index contributed by atoms with van der Waals surface area (Å²) in [5, 5.41) is 6.73. The molecular formula is C12H27N3S. The summed E-state index contributed by atoms with van der Waals surface area (Å²) in [6, 6.07) is 0.456. The van der Waals surface area contributed by atoms with Crippen molar-refractivity contribution in [1.82, 2.24) is 10.6 Å². The van der Waals surface area contributed by atoms with Crippen LogP contribution < -0.4 is 10.6 Å². The molecule has 3 nitrogen and oxygen atoms in total. The van der Waals surface area contributed by atoms with Crippen molar-refractivity contribution in [3.63, 3.8) is 0 Å². The minimum absolute atomic E-state index is 0.456. The summed E-state index contributed by atoms with van der Waals surface area (Å²) >= 11 is 1.91. The van der Waals surface area contributed by atoms with Gasteiger partial charge in [0, 0.05) is 19.6 Å². The lowest BCUT2D eigenvalue weighted by molar-refractivity contribution is 0.480. The highest BCUT2D eigenvalue weighted by molar-refractivity contribution is 7.98. The molecule has 0 aromatic rings. The third-order valence-electron chi connectivity index (χ3n) is 2.66. The number of nitrogens with zero attached hydrogens (tertiary/aromatic N) is 1. The second-order valence-electron chi connectivity index (χ2n) is 4.38. The Labute approximate surface area is 105 Å². The van der Waals surface area contributed by atoms with Gasteiger partial charge in [-0.2, -0.15) is 11.8 Å². The molecule has 96 valence electrons. The second kappa shape index (κ2) is 9.82. The predicted octanol–water partition coefficient (Wildman–Crippen LogP) is 2.34. The first-order valence-corrected chi connectivity index (χ1v) is 7.47. The topological polar surface area (TPSA) is 36.4 Å². The molecular weight excluding hydrogens is 218 g/mol. The van der Waals surface area contributed by atoms with Crippen molar-refractivity contribution < 1.29 is 0 Å². The average molecular weight is 245 g/mol. The van der Waals surface area contributed by atoms with Crippen LogP contribution in [-0.2, 0) is 0 Å². The molecule has 2 N–H and O–H groups in total. The van der Waals surface area contributed by atoms with Crippen LogP contribution in [0, 0.1) is 5.92 Å². The van der Waals surface area contributed by atoms with E-state index in [1.165, 1.54) is 18.6 Å². The van der Waals surface area contributed by atoms with Crippen molar-refractivity contribution >= 4 is 17.7 Å². The number of unbranched alkanes of at least 4 members (excludes halogenated alkanes) is 1. The van der Waals surface area contributed by atoms with Gasteiger partial charge in [0.05, 0.1) is 0 Å². The van der Waals surface area contributed by atoms with Gasteiger partial charge in [-0.15, -0.1) is 0 Å². The first-order chi connectivity index (χ1) is 7.61. The Morgan fingerprint density at radius 3 is 2.44 bits per heavy atom. The molecule has 0 aromatic heterocycles. The minimum atomic E-state index is 0.456. The van der Waals surface area contributed by atoms with Gasteiger partial charge in [0.1, 0.15) is 0 Å². The zero-order chi connectivity index (χ0) is 12.4. The first-order valence-electron chi connectivity index (χ1n) is 6.08. The van der Waals surface area contributed by atoms with Crippen molar-refractivity contribution in [3.8, 4) is 0 Å². The van der Waals surface area contributed by atoms with Crippen LogP contribution in [0.2, 0.25) is 0 Å². The quantitative estimate of drug-likeness (QED) is 0.411. The second-order valence-corrected chi connectivity index (χ2v) is 5.36. The van der Waals surface area contributed by atoms with Gasteiger partial charge >= 0.3 is 0 Å². The van der Waals surface area contributed by atoms with E-state index in [1.807, 2.05) is 18.8 Å². The molecule has 0 saturated carbocycles. The van der Waals surface area contributed by atoms with Crippen molar-refractivity contribution in [3.05, 3.63) is 0 Å². The molecule has 0 aliphatic heterocycles. The van der Waals surface area contributed by atoms with Crippen molar-refractivity contribution in [2.24, 2.45) is 10.9 Å². The highest BCUT2D eigenvalue weighted by Crippen LogP contribution is 2.00. The predicted molar refractivity (Wildman–Crippen MR) is 76.4 cm³/mol. The molecule has 0 bridgehead atoms. The van der Waals surface area contributed by atoms with Crippen LogP contribution in [0.1, 0.15) is 33.6 Å². The molecule has 0 fully saturated rings. The summed E-state index contributed by atoms with van der Waals surface area (Å²) in [6.45, 7) is 7.61. The van der Waals surface area contributed by atoms with E-state index in [0.29, 0.717) is 12.0 Å². The number of thioether (sulfide) groups is 1. The fraction of sp³-hybridized carbons (Fsp3) is 0.917. The van der Waals surface area contributed by atoms with Crippen LogP contribution >= 0.6 is 11.8 Å². The Morgan fingerprint density at radius 2 is 1.94 bits per heavy atom. The van der Waals surface area contributed by atoms with Crippen LogP contribution in [0.5, 0.6) is 0 Å². The smallest absolute Gasteiger partial charge is 0.191 e. The lowest BCUT2D eigenvalue weighted by Gasteiger charge is -2.20. The van der Waals surface area contributed by atoms with E-state index in [4.69, 9.17) is 0 Å². The molecule has 1 unspecified atom stereocenters. The zero-order valence-electron chi connectivity index (χ0n) is 11.3. The third-order valence-corrected chi connectivity index (χ3v) is 3.35. The van der Waals surface area contributed by atoms with Crippen molar-refractivity contribution in [2.75, 3.05) is 25.6 Å². The van der Waals surface area contributed by atoms with E-state index in [2.05, 4.69) is 42.7 Å². The fourth-order valence-corrected chi connectivity index (χ4v) is 1.65. The van der Waals surface area contributed by atoms with Crippen LogP contribution in [0.15, 0.2) is 4.99 Å². The van der Waals surface area contributed by atoms with Crippen LogP contribution in [0.3, 0.4) is 0 Å². The Hall–Kier alpha value is -0.380. The number of hydrogen-bond acceptors (Lipinski definition) is 2. The van der Waals surface area contributed by atoms with Gasteiger partial charge < -0.3 is 10.6 Å². The number of aliphatic imine (C=N–C) groups is 1. The van der Waals surface area contributed by atoms with Gasteiger partial charge in [0.25, 0.3) is 0 Å².